The Hall–Kier alpha value is -1.18. The van der Waals surface area contributed by atoms with Gasteiger partial charge in [-0.05, 0) is 42.7 Å². The Morgan fingerprint density at radius 1 is 1.28 bits per heavy atom. The summed E-state index contributed by atoms with van der Waals surface area (Å²) in [7, 11) is 0. The maximum atomic E-state index is 9.49. The van der Waals surface area contributed by atoms with Crippen molar-refractivity contribution in [3.63, 3.8) is 0 Å². The number of hydrogen-bond acceptors (Lipinski definition) is 2. The van der Waals surface area contributed by atoms with Crippen molar-refractivity contribution in [2.45, 2.75) is 46.1 Å². The monoisotopic (exact) mass is 246 g/mol. The SMILES string of the molecule is CC1(C)CC2(C)CC1CC2Oc1cccc(O)c1. The average Bonchev–Trinajstić information content (AvgIpc) is 2.66. The van der Waals surface area contributed by atoms with Crippen LogP contribution in [0.2, 0.25) is 0 Å². The van der Waals surface area contributed by atoms with Crippen LogP contribution in [0.25, 0.3) is 0 Å². The normalized spacial score (nSPS) is 36.8. The van der Waals surface area contributed by atoms with E-state index in [2.05, 4.69) is 20.8 Å². The molecular weight excluding hydrogens is 224 g/mol. The highest BCUT2D eigenvalue weighted by Crippen LogP contribution is 2.63. The maximum absolute atomic E-state index is 9.49. The number of rotatable bonds is 2. The van der Waals surface area contributed by atoms with Crippen LogP contribution in [0.3, 0.4) is 0 Å². The van der Waals surface area contributed by atoms with Crippen LogP contribution in [-0.2, 0) is 0 Å². The molecule has 2 saturated carbocycles. The van der Waals surface area contributed by atoms with Gasteiger partial charge >= 0.3 is 0 Å². The quantitative estimate of drug-likeness (QED) is 0.855. The van der Waals surface area contributed by atoms with Gasteiger partial charge in [-0.3, -0.25) is 0 Å². The largest absolute Gasteiger partial charge is 0.508 e. The van der Waals surface area contributed by atoms with Crippen LogP contribution in [0, 0.1) is 16.7 Å². The molecule has 0 aliphatic heterocycles. The number of benzene rings is 1. The molecule has 0 amide bonds. The Bertz CT molecular complexity index is 466. The topological polar surface area (TPSA) is 29.5 Å². The molecule has 1 N–H and O–H groups in total. The molecule has 2 bridgehead atoms. The minimum absolute atomic E-state index is 0.279. The Balaban J connectivity index is 1.77. The lowest BCUT2D eigenvalue weighted by atomic mass is 9.71. The third-order valence-corrected chi connectivity index (χ3v) is 5.05. The van der Waals surface area contributed by atoms with Gasteiger partial charge in [-0.1, -0.05) is 26.8 Å². The van der Waals surface area contributed by atoms with Crippen LogP contribution in [0.1, 0.15) is 40.0 Å². The zero-order valence-electron chi connectivity index (χ0n) is 11.4. The minimum atomic E-state index is 0.279. The van der Waals surface area contributed by atoms with Gasteiger partial charge in [0.05, 0.1) is 0 Å². The molecule has 2 aliphatic rings. The average molecular weight is 246 g/mol. The van der Waals surface area contributed by atoms with E-state index >= 15 is 0 Å². The predicted molar refractivity (Wildman–Crippen MR) is 71.8 cm³/mol. The first-order valence-corrected chi connectivity index (χ1v) is 6.85. The van der Waals surface area contributed by atoms with Gasteiger partial charge in [-0.2, -0.15) is 0 Å². The van der Waals surface area contributed by atoms with Crippen LogP contribution < -0.4 is 4.74 Å². The molecule has 18 heavy (non-hydrogen) atoms. The third kappa shape index (κ3) is 1.79. The molecule has 0 spiro atoms. The molecule has 2 nitrogen and oxygen atoms in total. The Morgan fingerprint density at radius 3 is 2.61 bits per heavy atom. The van der Waals surface area contributed by atoms with Crippen molar-refractivity contribution < 1.29 is 9.84 Å². The van der Waals surface area contributed by atoms with Gasteiger partial charge in [0.15, 0.2) is 0 Å². The van der Waals surface area contributed by atoms with E-state index in [1.54, 1.807) is 12.1 Å². The van der Waals surface area contributed by atoms with Crippen LogP contribution in [0.5, 0.6) is 11.5 Å². The van der Waals surface area contributed by atoms with Crippen LogP contribution in [-0.4, -0.2) is 11.2 Å². The standard InChI is InChI=1S/C16H22O2/c1-15(2)10-16(3)9-11(15)7-14(16)18-13-6-4-5-12(17)8-13/h4-6,8,11,14,17H,7,9-10H2,1-3H3. The molecule has 2 aliphatic carbocycles. The summed E-state index contributed by atoms with van der Waals surface area (Å²) in [5.41, 5.74) is 0.771. The van der Waals surface area contributed by atoms with E-state index in [-0.39, 0.29) is 5.75 Å². The molecule has 2 fully saturated rings. The summed E-state index contributed by atoms with van der Waals surface area (Å²) < 4.78 is 6.13. The zero-order valence-corrected chi connectivity index (χ0v) is 11.4. The van der Waals surface area contributed by atoms with Gasteiger partial charge in [0, 0.05) is 11.5 Å². The van der Waals surface area contributed by atoms with E-state index in [1.807, 2.05) is 12.1 Å². The van der Waals surface area contributed by atoms with Crippen molar-refractivity contribution in [3.8, 4) is 11.5 Å². The third-order valence-electron chi connectivity index (χ3n) is 5.05. The number of fused-ring (bicyclic) bond motifs is 2. The highest BCUT2D eigenvalue weighted by molar-refractivity contribution is 5.32. The highest BCUT2D eigenvalue weighted by atomic mass is 16.5. The molecule has 0 saturated heterocycles. The van der Waals surface area contributed by atoms with Gasteiger partial charge in [-0.15, -0.1) is 0 Å². The van der Waals surface area contributed by atoms with Crippen molar-refractivity contribution in [3.05, 3.63) is 24.3 Å². The molecule has 3 atom stereocenters. The summed E-state index contributed by atoms with van der Waals surface area (Å²) in [5, 5.41) is 9.49. The fourth-order valence-corrected chi connectivity index (χ4v) is 4.20. The Labute approximate surface area is 109 Å². The van der Waals surface area contributed by atoms with E-state index in [1.165, 1.54) is 12.8 Å². The van der Waals surface area contributed by atoms with Gasteiger partial charge in [0.2, 0.25) is 0 Å². The molecule has 3 unspecified atom stereocenters. The molecular formula is C16H22O2. The molecule has 3 rings (SSSR count). The number of hydrogen-bond donors (Lipinski definition) is 1. The van der Waals surface area contributed by atoms with Gasteiger partial charge in [0.25, 0.3) is 0 Å². The van der Waals surface area contributed by atoms with E-state index in [9.17, 15) is 5.11 Å². The summed E-state index contributed by atoms with van der Waals surface area (Å²) >= 11 is 0. The second-order valence-corrected chi connectivity index (χ2v) is 7.06. The first kappa shape index (κ1) is 11.9. The van der Waals surface area contributed by atoms with Crippen molar-refractivity contribution in [1.82, 2.24) is 0 Å². The summed E-state index contributed by atoms with van der Waals surface area (Å²) in [5.74, 6) is 1.86. The first-order valence-electron chi connectivity index (χ1n) is 6.85. The lowest BCUT2D eigenvalue weighted by Gasteiger charge is -2.39. The molecule has 2 heteroatoms. The van der Waals surface area contributed by atoms with Crippen LogP contribution >= 0.6 is 0 Å². The van der Waals surface area contributed by atoms with Crippen LogP contribution in [0.15, 0.2) is 24.3 Å². The number of aromatic hydroxyl groups is 1. The molecule has 1 aromatic rings. The van der Waals surface area contributed by atoms with Gasteiger partial charge in [-0.25, -0.2) is 0 Å². The van der Waals surface area contributed by atoms with E-state index in [0.29, 0.717) is 16.9 Å². The lowest BCUT2D eigenvalue weighted by Crippen LogP contribution is -2.37. The number of phenols is 1. The van der Waals surface area contributed by atoms with Crippen molar-refractivity contribution in [2.24, 2.45) is 16.7 Å². The summed E-state index contributed by atoms with van der Waals surface area (Å²) in [6.45, 7) is 7.12. The summed E-state index contributed by atoms with van der Waals surface area (Å²) in [6.07, 6.45) is 3.98. The van der Waals surface area contributed by atoms with Crippen molar-refractivity contribution in [1.29, 1.82) is 0 Å². The lowest BCUT2D eigenvalue weighted by molar-refractivity contribution is 0.0355. The minimum Gasteiger partial charge on any atom is -0.508 e. The zero-order chi connectivity index (χ0) is 13.0. The first-order chi connectivity index (χ1) is 8.39. The molecule has 0 radical (unpaired) electrons. The fourth-order valence-electron chi connectivity index (χ4n) is 4.20. The Kier molecular flexibility index (Phi) is 2.42. The summed E-state index contributed by atoms with van der Waals surface area (Å²) in [6, 6.07) is 7.16. The molecule has 1 aromatic carbocycles. The van der Waals surface area contributed by atoms with E-state index < -0.39 is 0 Å². The molecule has 0 aromatic heterocycles. The smallest absolute Gasteiger partial charge is 0.123 e. The maximum Gasteiger partial charge on any atom is 0.123 e. The number of ether oxygens (including phenoxy) is 1. The fraction of sp³-hybridized carbons (Fsp3) is 0.625. The second-order valence-electron chi connectivity index (χ2n) is 7.06. The molecule has 98 valence electrons. The van der Waals surface area contributed by atoms with Gasteiger partial charge < -0.3 is 9.84 Å². The molecule has 0 heterocycles. The van der Waals surface area contributed by atoms with E-state index in [0.717, 1.165) is 18.1 Å². The number of phenolic OH excluding ortho intramolecular Hbond substituents is 1. The second kappa shape index (κ2) is 3.66. The van der Waals surface area contributed by atoms with E-state index in [4.69, 9.17) is 4.74 Å². The van der Waals surface area contributed by atoms with Crippen molar-refractivity contribution >= 4 is 0 Å². The highest BCUT2D eigenvalue weighted by Gasteiger charge is 2.58. The van der Waals surface area contributed by atoms with Gasteiger partial charge in [0.1, 0.15) is 17.6 Å². The van der Waals surface area contributed by atoms with Crippen molar-refractivity contribution in [2.75, 3.05) is 0 Å². The summed E-state index contributed by atoms with van der Waals surface area (Å²) in [4.78, 5) is 0. The predicted octanol–water partition coefficient (Wildman–Crippen LogP) is 3.99. The van der Waals surface area contributed by atoms with Crippen LogP contribution in [0.4, 0.5) is 0 Å². The Morgan fingerprint density at radius 2 is 2.06 bits per heavy atom.